The van der Waals surface area contributed by atoms with Crippen LogP contribution in [0, 0.1) is 0 Å². The number of aromatic nitrogens is 1. The Balaban J connectivity index is 1.69. The van der Waals surface area contributed by atoms with Gasteiger partial charge in [-0.2, -0.15) is 0 Å². The molecular formula is C18H20BrN3O3. The monoisotopic (exact) mass is 405 g/mol. The number of carbonyl (C=O) groups is 1. The number of ether oxygens (including phenoxy) is 2. The third-order valence-corrected chi connectivity index (χ3v) is 4.24. The lowest BCUT2D eigenvalue weighted by molar-refractivity contribution is 0.102. The van der Waals surface area contributed by atoms with Crippen LogP contribution in [0.2, 0.25) is 0 Å². The molecule has 3 rings (SSSR count). The molecule has 0 bridgehead atoms. The van der Waals surface area contributed by atoms with Gasteiger partial charge in [-0.15, -0.1) is 0 Å². The number of halogens is 1. The molecule has 2 heterocycles. The molecular weight excluding hydrogens is 386 g/mol. The topological polar surface area (TPSA) is 63.7 Å². The van der Waals surface area contributed by atoms with E-state index in [-0.39, 0.29) is 12.0 Å². The molecule has 0 unspecified atom stereocenters. The molecule has 1 aliphatic heterocycles. The molecule has 7 heteroatoms. The van der Waals surface area contributed by atoms with Crippen molar-refractivity contribution in [2.45, 2.75) is 12.5 Å². The third-order valence-electron chi connectivity index (χ3n) is 3.80. The summed E-state index contributed by atoms with van der Waals surface area (Å²) in [6, 6.07) is 9.10. The lowest BCUT2D eigenvalue weighted by atomic mass is 10.2. The van der Waals surface area contributed by atoms with Gasteiger partial charge in [0, 0.05) is 36.9 Å². The maximum Gasteiger partial charge on any atom is 0.259 e. The van der Waals surface area contributed by atoms with Crippen LogP contribution in [0.25, 0.3) is 0 Å². The van der Waals surface area contributed by atoms with Gasteiger partial charge in [0.25, 0.3) is 5.91 Å². The summed E-state index contributed by atoms with van der Waals surface area (Å²) >= 11 is 3.36. The van der Waals surface area contributed by atoms with E-state index in [0.29, 0.717) is 23.7 Å². The molecule has 25 heavy (non-hydrogen) atoms. The predicted octanol–water partition coefficient (Wildman–Crippen LogP) is 3.33. The summed E-state index contributed by atoms with van der Waals surface area (Å²) in [7, 11) is 3.71. The first-order valence-corrected chi connectivity index (χ1v) is 8.81. The van der Waals surface area contributed by atoms with Gasteiger partial charge in [0.1, 0.15) is 17.7 Å². The molecule has 1 fully saturated rings. The Labute approximate surface area is 155 Å². The summed E-state index contributed by atoms with van der Waals surface area (Å²) < 4.78 is 11.9. The van der Waals surface area contributed by atoms with Crippen molar-refractivity contribution in [3.8, 4) is 5.75 Å². The van der Waals surface area contributed by atoms with Gasteiger partial charge in [0.15, 0.2) is 0 Å². The Morgan fingerprint density at radius 2 is 2.12 bits per heavy atom. The van der Waals surface area contributed by atoms with Crippen molar-refractivity contribution in [1.82, 2.24) is 4.98 Å². The van der Waals surface area contributed by atoms with Gasteiger partial charge in [0.05, 0.1) is 18.8 Å². The maximum atomic E-state index is 12.6. The van der Waals surface area contributed by atoms with Crippen LogP contribution in [0.15, 0.2) is 41.0 Å². The molecule has 1 aromatic carbocycles. The smallest absolute Gasteiger partial charge is 0.259 e. The average molecular weight is 406 g/mol. The molecule has 0 spiro atoms. The molecule has 1 aliphatic rings. The number of benzene rings is 1. The fourth-order valence-corrected chi connectivity index (χ4v) is 2.90. The lowest BCUT2D eigenvalue weighted by Crippen LogP contribution is -2.20. The zero-order valence-corrected chi connectivity index (χ0v) is 15.7. The SMILES string of the molecule is CN(C)c1ncc(Br)cc1C(=O)Nc1ccc(O[C@@H]2CCOC2)cc1. The maximum absolute atomic E-state index is 12.6. The van der Waals surface area contributed by atoms with Crippen LogP contribution in [0.4, 0.5) is 11.5 Å². The fraction of sp³-hybridized carbons (Fsp3) is 0.333. The minimum atomic E-state index is -0.213. The minimum Gasteiger partial charge on any atom is -0.488 e. The van der Waals surface area contributed by atoms with Crippen LogP contribution in [0.5, 0.6) is 5.75 Å². The van der Waals surface area contributed by atoms with Crippen LogP contribution in [0.1, 0.15) is 16.8 Å². The Hall–Kier alpha value is -2.12. The molecule has 2 aromatic rings. The minimum absolute atomic E-state index is 0.107. The van der Waals surface area contributed by atoms with Crippen LogP contribution < -0.4 is 15.0 Å². The first kappa shape index (κ1) is 17.7. The molecule has 1 atom stereocenters. The van der Waals surface area contributed by atoms with E-state index in [1.54, 1.807) is 12.3 Å². The van der Waals surface area contributed by atoms with Gasteiger partial charge in [-0.25, -0.2) is 4.98 Å². The quantitative estimate of drug-likeness (QED) is 0.826. The van der Waals surface area contributed by atoms with E-state index in [2.05, 4.69) is 26.2 Å². The number of anilines is 2. The molecule has 0 radical (unpaired) electrons. The molecule has 1 aromatic heterocycles. The summed E-state index contributed by atoms with van der Waals surface area (Å²) in [5.74, 6) is 1.17. The molecule has 0 aliphatic carbocycles. The molecule has 1 amide bonds. The van der Waals surface area contributed by atoms with E-state index in [9.17, 15) is 4.79 Å². The second-order valence-electron chi connectivity index (χ2n) is 6.00. The highest BCUT2D eigenvalue weighted by Crippen LogP contribution is 2.23. The van der Waals surface area contributed by atoms with Crippen LogP contribution in [-0.2, 0) is 4.74 Å². The van der Waals surface area contributed by atoms with Crippen molar-refractivity contribution < 1.29 is 14.3 Å². The van der Waals surface area contributed by atoms with E-state index >= 15 is 0 Å². The lowest BCUT2D eigenvalue weighted by Gasteiger charge is -2.16. The highest BCUT2D eigenvalue weighted by Gasteiger charge is 2.18. The molecule has 6 nitrogen and oxygen atoms in total. The average Bonchev–Trinajstić information content (AvgIpc) is 3.09. The zero-order chi connectivity index (χ0) is 17.8. The van der Waals surface area contributed by atoms with Crippen molar-refractivity contribution >= 4 is 33.3 Å². The third kappa shape index (κ3) is 4.49. The van der Waals surface area contributed by atoms with Crippen LogP contribution in [-0.4, -0.2) is 44.3 Å². The number of hydrogen-bond acceptors (Lipinski definition) is 5. The number of pyridine rings is 1. The van der Waals surface area contributed by atoms with Gasteiger partial charge < -0.3 is 19.7 Å². The standard InChI is InChI=1S/C18H20BrN3O3/c1-22(2)17-16(9-12(19)10-20-17)18(23)21-13-3-5-14(6-4-13)25-15-7-8-24-11-15/h3-6,9-10,15H,7-8,11H2,1-2H3,(H,21,23)/t15-/m1/s1. The number of carbonyl (C=O) groups excluding carboxylic acids is 1. The largest absolute Gasteiger partial charge is 0.488 e. The Kier molecular flexibility index (Phi) is 5.55. The van der Waals surface area contributed by atoms with Crippen molar-refractivity contribution in [2.75, 3.05) is 37.5 Å². The summed E-state index contributed by atoms with van der Waals surface area (Å²) in [6.07, 6.45) is 2.68. The van der Waals surface area contributed by atoms with Crippen molar-refractivity contribution in [3.63, 3.8) is 0 Å². The highest BCUT2D eigenvalue weighted by atomic mass is 79.9. The fourth-order valence-electron chi connectivity index (χ4n) is 2.57. The van der Waals surface area contributed by atoms with Crippen LogP contribution in [0.3, 0.4) is 0 Å². The Morgan fingerprint density at radius 1 is 1.36 bits per heavy atom. The van der Waals surface area contributed by atoms with Crippen molar-refractivity contribution in [1.29, 1.82) is 0 Å². The van der Waals surface area contributed by atoms with E-state index < -0.39 is 0 Å². The summed E-state index contributed by atoms with van der Waals surface area (Å²) in [6.45, 7) is 1.37. The molecule has 132 valence electrons. The van der Waals surface area contributed by atoms with E-state index in [0.717, 1.165) is 23.2 Å². The number of nitrogens with one attached hydrogen (secondary N) is 1. The molecule has 0 saturated carbocycles. The Bertz CT molecular complexity index is 744. The number of nitrogens with zero attached hydrogens (tertiary/aromatic N) is 2. The summed E-state index contributed by atoms with van der Waals surface area (Å²) in [5, 5.41) is 2.89. The van der Waals surface area contributed by atoms with Gasteiger partial charge in [-0.05, 0) is 46.3 Å². The number of hydrogen-bond donors (Lipinski definition) is 1. The van der Waals surface area contributed by atoms with E-state index in [4.69, 9.17) is 9.47 Å². The molecule has 1 saturated heterocycles. The predicted molar refractivity (Wildman–Crippen MR) is 101 cm³/mol. The van der Waals surface area contributed by atoms with Gasteiger partial charge in [-0.1, -0.05) is 0 Å². The van der Waals surface area contributed by atoms with E-state index in [1.807, 2.05) is 43.3 Å². The number of rotatable bonds is 5. The molecule has 1 N–H and O–H groups in total. The van der Waals surface area contributed by atoms with Gasteiger partial charge in [0.2, 0.25) is 0 Å². The normalized spacial score (nSPS) is 16.5. The highest BCUT2D eigenvalue weighted by molar-refractivity contribution is 9.10. The summed E-state index contributed by atoms with van der Waals surface area (Å²) in [5.41, 5.74) is 1.20. The zero-order valence-electron chi connectivity index (χ0n) is 14.2. The summed E-state index contributed by atoms with van der Waals surface area (Å²) in [4.78, 5) is 18.7. The van der Waals surface area contributed by atoms with Crippen LogP contribution >= 0.6 is 15.9 Å². The first-order valence-electron chi connectivity index (χ1n) is 8.01. The van der Waals surface area contributed by atoms with Crippen molar-refractivity contribution in [2.24, 2.45) is 0 Å². The number of amides is 1. The first-order chi connectivity index (χ1) is 12.0. The van der Waals surface area contributed by atoms with Crippen molar-refractivity contribution in [3.05, 3.63) is 46.6 Å². The van der Waals surface area contributed by atoms with Gasteiger partial charge in [-0.3, -0.25) is 4.79 Å². The second kappa shape index (κ2) is 7.84. The van der Waals surface area contributed by atoms with Gasteiger partial charge >= 0.3 is 0 Å². The Morgan fingerprint density at radius 3 is 2.76 bits per heavy atom. The second-order valence-corrected chi connectivity index (χ2v) is 6.92. The van der Waals surface area contributed by atoms with E-state index in [1.165, 1.54) is 0 Å².